The maximum atomic E-state index is 10.8. The number of benzene rings is 1. The van der Waals surface area contributed by atoms with Gasteiger partial charge in [0.1, 0.15) is 0 Å². The maximum Gasteiger partial charge on any atom is 0.273 e. The molecule has 0 heterocycles. The Morgan fingerprint density at radius 2 is 2.19 bits per heavy atom. The summed E-state index contributed by atoms with van der Waals surface area (Å²) in [7, 11) is 0. The molecule has 0 amide bonds. The molecule has 1 rings (SSSR count). The summed E-state index contributed by atoms with van der Waals surface area (Å²) >= 11 is 0. The Bertz CT molecular complexity index is 364. The van der Waals surface area contributed by atoms with Crippen molar-refractivity contribution in [3.05, 3.63) is 39.4 Å². The van der Waals surface area contributed by atoms with E-state index in [1.165, 1.54) is 0 Å². The average Bonchev–Trinajstić information content (AvgIpc) is 2.24. The molecule has 4 nitrogen and oxygen atoms in total. The van der Waals surface area contributed by atoms with Crippen LogP contribution in [-0.2, 0) is 6.54 Å². The lowest BCUT2D eigenvalue weighted by atomic mass is 10.1. The van der Waals surface area contributed by atoms with Gasteiger partial charge in [0.15, 0.2) is 0 Å². The molecule has 0 unspecified atom stereocenters. The van der Waals surface area contributed by atoms with Gasteiger partial charge in [0, 0.05) is 18.2 Å². The fourth-order valence-corrected chi connectivity index (χ4v) is 1.56. The number of hydrogen-bond acceptors (Lipinski definition) is 3. The quantitative estimate of drug-likeness (QED) is 0.457. The van der Waals surface area contributed by atoms with Gasteiger partial charge >= 0.3 is 0 Å². The molecule has 0 fully saturated rings. The van der Waals surface area contributed by atoms with Crippen LogP contribution in [0.5, 0.6) is 0 Å². The first-order chi connectivity index (χ1) is 7.65. The summed E-state index contributed by atoms with van der Waals surface area (Å²) in [6.07, 6.45) is 2.22. The van der Waals surface area contributed by atoms with Gasteiger partial charge in [0.25, 0.3) is 5.69 Å². The lowest BCUT2D eigenvalue weighted by Crippen LogP contribution is -2.15. The van der Waals surface area contributed by atoms with Crippen molar-refractivity contribution in [1.29, 1.82) is 0 Å². The molecule has 1 aromatic carbocycles. The minimum Gasteiger partial charge on any atom is -0.312 e. The van der Waals surface area contributed by atoms with Crippen LogP contribution in [0.15, 0.2) is 18.2 Å². The van der Waals surface area contributed by atoms with Gasteiger partial charge in [0.05, 0.1) is 4.92 Å². The van der Waals surface area contributed by atoms with E-state index in [2.05, 4.69) is 12.2 Å². The minimum absolute atomic E-state index is 0.203. The number of hydrogen-bond donors (Lipinski definition) is 1. The van der Waals surface area contributed by atoms with Gasteiger partial charge in [-0.1, -0.05) is 25.0 Å². The van der Waals surface area contributed by atoms with E-state index in [9.17, 15) is 10.1 Å². The van der Waals surface area contributed by atoms with Crippen LogP contribution in [0.2, 0.25) is 0 Å². The second kappa shape index (κ2) is 6.23. The third-order valence-electron chi connectivity index (χ3n) is 2.45. The third kappa shape index (κ3) is 3.62. The van der Waals surface area contributed by atoms with Crippen molar-refractivity contribution in [2.45, 2.75) is 33.2 Å². The van der Waals surface area contributed by atoms with Crippen molar-refractivity contribution >= 4 is 5.69 Å². The first-order valence-corrected chi connectivity index (χ1v) is 5.59. The normalized spacial score (nSPS) is 10.4. The third-order valence-corrected chi connectivity index (χ3v) is 2.45. The number of unbranched alkanes of at least 4 members (excludes halogenated alkanes) is 1. The fourth-order valence-electron chi connectivity index (χ4n) is 1.56. The monoisotopic (exact) mass is 222 g/mol. The summed E-state index contributed by atoms with van der Waals surface area (Å²) in [6, 6.07) is 5.22. The van der Waals surface area contributed by atoms with E-state index < -0.39 is 0 Å². The predicted octanol–water partition coefficient (Wildman–Crippen LogP) is 2.79. The number of nitrogens with zero attached hydrogens (tertiary/aromatic N) is 1. The van der Waals surface area contributed by atoms with Crippen molar-refractivity contribution in [3.8, 4) is 0 Å². The highest BCUT2D eigenvalue weighted by Crippen LogP contribution is 2.19. The van der Waals surface area contributed by atoms with E-state index >= 15 is 0 Å². The molecule has 88 valence electrons. The molecule has 1 aromatic rings. The number of nitrogens with one attached hydrogen (secondary N) is 1. The molecule has 0 saturated carbocycles. The topological polar surface area (TPSA) is 55.2 Å². The largest absolute Gasteiger partial charge is 0.312 e. The molecule has 1 N–H and O–H groups in total. The fraction of sp³-hybridized carbons (Fsp3) is 0.500. The van der Waals surface area contributed by atoms with Crippen LogP contribution >= 0.6 is 0 Å². The molecule has 16 heavy (non-hydrogen) atoms. The van der Waals surface area contributed by atoms with Crippen molar-refractivity contribution in [3.63, 3.8) is 0 Å². The van der Waals surface area contributed by atoms with Gasteiger partial charge < -0.3 is 5.32 Å². The van der Waals surface area contributed by atoms with E-state index in [4.69, 9.17) is 0 Å². The van der Waals surface area contributed by atoms with Gasteiger partial charge in [-0.3, -0.25) is 10.1 Å². The van der Waals surface area contributed by atoms with Crippen LogP contribution in [-0.4, -0.2) is 11.5 Å². The van der Waals surface area contributed by atoms with Crippen LogP contribution in [0.3, 0.4) is 0 Å². The summed E-state index contributed by atoms with van der Waals surface area (Å²) in [4.78, 5) is 10.5. The number of nitro benzene ring substituents is 1. The summed E-state index contributed by atoms with van der Waals surface area (Å²) in [5.74, 6) is 0. The SMILES string of the molecule is CCCCNCc1cc(C)ccc1[N+](=O)[O-]. The van der Waals surface area contributed by atoms with Gasteiger partial charge in [-0.25, -0.2) is 0 Å². The van der Waals surface area contributed by atoms with E-state index in [1.54, 1.807) is 12.1 Å². The molecule has 0 radical (unpaired) electrons. The number of rotatable bonds is 6. The van der Waals surface area contributed by atoms with Crippen molar-refractivity contribution in [2.75, 3.05) is 6.54 Å². The Balaban J connectivity index is 2.68. The Morgan fingerprint density at radius 3 is 2.81 bits per heavy atom. The number of nitro groups is 1. The van der Waals surface area contributed by atoms with Gasteiger partial charge in [-0.2, -0.15) is 0 Å². The van der Waals surface area contributed by atoms with E-state index in [0.717, 1.165) is 30.5 Å². The van der Waals surface area contributed by atoms with Crippen LogP contribution in [0.1, 0.15) is 30.9 Å². The van der Waals surface area contributed by atoms with Crippen molar-refractivity contribution in [1.82, 2.24) is 5.32 Å². The van der Waals surface area contributed by atoms with E-state index in [-0.39, 0.29) is 10.6 Å². The molecular formula is C12H18N2O2. The molecule has 0 bridgehead atoms. The van der Waals surface area contributed by atoms with Crippen molar-refractivity contribution in [2.24, 2.45) is 0 Å². The lowest BCUT2D eigenvalue weighted by molar-refractivity contribution is -0.385. The Labute approximate surface area is 95.8 Å². The molecule has 0 aliphatic heterocycles. The zero-order valence-electron chi connectivity index (χ0n) is 9.82. The molecule has 0 aliphatic rings. The predicted molar refractivity (Wildman–Crippen MR) is 64.4 cm³/mol. The molecule has 0 atom stereocenters. The van der Waals surface area contributed by atoms with E-state index in [1.807, 2.05) is 13.0 Å². The molecule has 0 saturated heterocycles. The average molecular weight is 222 g/mol. The second-order valence-corrected chi connectivity index (χ2v) is 3.92. The Kier molecular flexibility index (Phi) is 4.92. The van der Waals surface area contributed by atoms with Crippen LogP contribution in [0.4, 0.5) is 5.69 Å². The highest BCUT2D eigenvalue weighted by molar-refractivity contribution is 5.42. The Hall–Kier alpha value is -1.42. The van der Waals surface area contributed by atoms with Crippen LogP contribution in [0.25, 0.3) is 0 Å². The molecular weight excluding hydrogens is 204 g/mol. The highest BCUT2D eigenvalue weighted by atomic mass is 16.6. The van der Waals surface area contributed by atoms with Gasteiger partial charge in [0.2, 0.25) is 0 Å². The summed E-state index contributed by atoms with van der Waals surface area (Å²) < 4.78 is 0. The maximum absolute atomic E-state index is 10.8. The lowest BCUT2D eigenvalue weighted by Gasteiger charge is -2.05. The molecule has 0 spiro atoms. The molecule has 4 heteroatoms. The zero-order valence-corrected chi connectivity index (χ0v) is 9.82. The minimum atomic E-state index is -0.323. The van der Waals surface area contributed by atoms with Crippen LogP contribution < -0.4 is 5.32 Å². The molecule has 0 aromatic heterocycles. The van der Waals surface area contributed by atoms with Gasteiger partial charge in [-0.05, 0) is 26.0 Å². The second-order valence-electron chi connectivity index (χ2n) is 3.92. The Morgan fingerprint density at radius 1 is 1.44 bits per heavy atom. The zero-order chi connectivity index (χ0) is 12.0. The van der Waals surface area contributed by atoms with Crippen molar-refractivity contribution < 1.29 is 4.92 Å². The smallest absolute Gasteiger partial charge is 0.273 e. The highest BCUT2D eigenvalue weighted by Gasteiger charge is 2.12. The van der Waals surface area contributed by atoms with E-state index in [0.29, 0.717) is 6.54 Å². The number of aryl methyl sites for hydroxylation is 1. The summed E-state index contributed by atoms with van der Waals surface area (Å²) in [5, 5.41) is 14.0. The van der Waals surface area contributed by atoms with Crippen LogP contribution in [0, 0.1) is 17.0 Å². The first kappa shape index (κ1) is 12.6. The first-order valence-electron chi connectivity index (χ1n) is 5.59. The van der Waals surface area contributed by atoms with Gasteiger partial charge in [-0.15, -0.1) is 0 Å². The summed E-state index contributed by atoms with van der Waals surface area (Å²) in [5.41, 5.74) is 2.02. The summed E-state index contributed by atoms with van der Waals surface area (Å²) in [6.45, 7) is 5.54. The standard InChI is InChI=1S/C12H18N2O2/c1-3-4-7-13-9-11-8-10(2)5-6-12(11)14(15)16/h5-6,8,13H,3-4,7,9H2,1-2H3. The molecule has 0 aliphatic carbocycles.